The van der Waals surface area contributed by atoms with E-state index in [0.717, 1.165) is 19.3 Å². The summed E-state index contributed by atoms with van der Waals surface area (Å²) in [6, 6.07) is -1.97. The summed E-state index contributed by atoms with van der Waals surface area (Å²) in [6.07, 6.45) is 9.44. The van der Waals surface area contributed by atoms with Crippen molar-refractivity contribution in [1.82, 2.24) is 40.3 Å². The highest BCUT2D eigenvalue weighted by Gasteiger charge is 2.62. The van der Waals surface area contributed by atoms with E-state index in [1.54, 1.807) is 20.8 Å². The van der Waals surface area contributed by atoms with Crippen LogP contribution in [0, 0.1) is 5.92 Å². The molecule has 0 aromatic carbocycles. The molecule has 1 unspecified atom stereocenters. The maximum atomic E-state index is 14.6. The summed E-state index contributed by atoms with van der Waals surface area (Å²) in [4.78, 5) is 67.6. The first-order chi connectivity index (χ1) is 24.2. The van der Waals surface area contributed by atoms with E-state index in [1.165, 1.54) is 17.4 Å². The maximum Gasteiger partial charge on any atom is 0.408 e. The Labute approximate surface area is 295 Å². The summed E-state index contributed by atoms with van der Waals surface area (Å²) in [5, 5.41) is 8.75. The molecule has 4 fully saturated rings. The van der Waals surface area contributed by atoms with E-state index in [-0.39, 0.29) is 43.4 Å². The van der Waals surface area contributed by atoms with Gasteiger partial charge in [0, 0.05) is 24.9 Å². The lowest BCUT2D eigenvalue weighted by Gasteiger charge is -2.33. The van der Waals surface area contributed by atoms with E-state index >= 15 is 0 Å². The van der Waals surface area contributed by atoms with Crippen molar-refractivity contribution in [2.75, 3.05) is 19.6 Å². The molecule has 0 radical (unpaired) electrons. The Hall–Kier alpha value is -4.32. The number of aromatic nitrogens is 3. The summed E-state index contributed by atoms with van der Waals surface area (Å²) >= 11 is 0. The molecule has 4 amide bonds. The fraction of sp³-hybridized carbons (Fsp3) is 0.667. The zero-order valence-corrected chi connectivity index (χ0v) is 29.7. The predicted octanol–water partition coefficient (Wildman–Crippen LogP) is 1.16. The molecular formula is C33H44N8O9S. The van der Waals surface area contributed by atoms with Gasteiger partial charge in [-0.15, -0.1) is 0 Å². The molecule has 4 heterocycles. The molecule has 18 heteroatoms. The van der Waals surface area contributed by atoms with Crippen LogP contribution in [0.2, 0.25) is 0 Å². The smallest absolute Gasteiger partial charge is 0.408 e. The molecule has 5 atom stereocenters. The summed E-state index contributed by atoms with van der Waals surface area (Å²) in [6.45, 7) is 5.96. The minimum atomic E-state index is -3.90. The van der Waals surface area contributed by atoms with E-state index in [1.807, 2.05) is 12.2 Å². The van der Waals surface area contributed by atoms with Crippen LogP contribution in [0.4, 0.5) is 4.79 Å². The Morgan fingerprint density at radius 1 is 1.12 bits per heavy atom. The summed E-state index contributed by atoms with van der Waals surface area (Å²) in [7, 11) is -3.90. The molecule has 3 N–H and O–H groups in total. The lowest BCUT2D eigenvalue weighted by Crippen LogP contribution is -2.60. The molecule has 51 heavy (non-hydrogen) atoms. The third-order valence-electron chi connectivity index (χ3n) is 9.86. The maximum absolute atomic E-state index is 14.6. The summed E-state index contributed by atoms with van der Waals surface area (Å²) in [5.41, 5.74) is -1.74. The van der Waals surface area contributed by atoms with E-state index in [2.05, 4.69) is 35.4 Å². The van der Waals surface area contributed by atoms with Crippen molar-refractivity contribution in [3.8, 4) is 5.88 Å². The zero-order valence-electron chi connectivity index (χ0n) is 28.9. The van der Waals surface area contributed by atoms with Crippen molar-refractivity contribution in [3.05, 3.63) is 24.7 Å². The quantitative estimate of drug-likeness (QED) is 0.342. The number of nitrogens with zero attached hydrogens (tertiary/aromatic N) is 5. The number of carbonyl (C=O) groups excluding carboxylic acids is 4. The number of hydrogen-bond donors (Lipinski definition) is 3. The molecule has 17 nitrogen and oxygen atoms in total. The van der Waals surface area contributed by atoms with Gasteiger partial charge in [-0.1, -0.05) is 17.3 Å². The average Bonchev–Trinajstić information content (AvgIpc) is 3.99. The minimum Gasteiger partial charge on any atom is -0.470 e. The van der Waals surface area contributed by atoms with Crippen molar-refractivity contribution in [2.45, 2.75) is 113 Å². The molecule has 3 aliphatic carbocycles. The van der Waals surface area contributed by atoms with E-state index in [4.69, 9.17) is 14.0 Å². The third kappa shape index (κ3) is 7.80. The average molecular weight is 729 g/mol. The van der Waals surface area contributed by atoms with Crippen LogP contribution < -0.4 is 20.1 Å². The normalized spacial score (nSPS) is 29.9. The van der Waals surface area contributed by atoms with Gasteiger partial charge in [-0.05, 0) is 72.3 Å². The van der Waals surface area contributed by atoms with E-state index < -0.39 is 74.3 Å². The number of carbonyl (C=O) groups is 4. The lowest BCUT2D eigenvalue weighted by molar-refractivity contribution is -0.141. The summed E-state index contributed by atoms with van der Waals surface area (Å²) in [5.74, 6) is -2.35. The summed E-state index contributed by atoms with van der Waals surface area (Å²) < 4.78 is 44.8. The highest BCUT2D eigenvalue weighted by Crippen LogP contribution is 2.46. The van der Waals surface area contributed by atoms with Gasteiger partial charge < -0.3 is 29.5 Å². The van der Waals surface area contributed by atoms with Crippen LogP contribution in [0.25, 0.3) is 11.1 Å². The second-order valence-electron chi connectivity index (χ2n) is 15.1. The molecule has 5 aliphatic rings. The first-order valence-corrected chi connectivity index (χ1v) is 19.1. The largest absolute Gasteiger partial charge is 0.470 e. The Balaban J connectivity index is 1.21. The van der Waals surface area contributed by atoms with E-state index in [9.17, 15) is 27.6 Å². The van der Waals surface area contributed by atoms with Crippen molar-refractivity contribution >= 4 is 44.9 Å². The van der Waals surface area contributed by atoms with Crippen LogP contribution in [-0.2, 0) is 29.1 Å². The lowest BCUT2D eigenvalue weighted by atomic mass is 10.1. The fourth-order valence-electron chi connectivity index (χ4n) is 6.87. The number of sulfonamides is 1. The van der Waals surface area contributed by atoms with Crippen LogP contribution in [0.15, 0.2) is 29.2 Å². The SMILES string of the molecule is CC(C)(C)OC(=O)N[C@H]1CN(C2CC2)CCC/C=C\C2C[C@@]2(C(=O)NS(=O)(=O)C2CC2)NC(=O)[C@@H]2C[C@@H](Oc3ncnc4cnoc34)CN2C1=O. The Bertz CT molecular complexity index is 1840. The molecule has 0 spiro atoms. The predicted molar refractivity (Wildman–Crippen MR) is 179 cm³/mol. The first kappa shape index (κ1) is 35.1. The Morgan fingerprint density at radius 2 is 1.90 bits per heavy atom. The zero-order chi connectivity index (χ0) is 36.1. The topological polar surface area (TPSA) is 215 Å². The second-order valence-corrected chi connectivity index (χ2v) is 17.1. The van der Waals surface area contributed by atoms with Crippen LogP contribution in [-0.4, -0.2) is 117 Å². The van der Waals surface area contributed by atoms with Gasteiger partial charge in [-0.3, -0.25) is 24.0 Å². The van der Waals surface area contributed by atoms with Crippen LogP contribution in [0.1, 0.15) is 72.1 Å². The number of rotatable bonds is 7. The molecule has 2 aromatic rings. The highest BCUT2D eigenvalue weighted by molar-refractivity contribution is 7.91. The van der Waals surface area contributed by atoms with Gasteiger partial charge in [0.05, 0.1) is 18.0 Å². The van der Waals surface area contributed by atoms with Gasteiger partial charge in [0.2, 0.25) is 27.4 Å². The van der Waals surface area contributed by atoms with Crippen LogP contribution in [0.5, 0.6) is 5.88 Å². The molecule has 2 aromatic heterocycles. The fourth-order valence-corrected chi connectivity index (χ4v) is 8.23. The third-order valence-corrected chi connectivity index (χ3v) is 11.7. The number of amides is 4. The molecular weight excluding hydrogens is 684 g/mol. The number of nitrogens with one attached hydrogen (secondary N) is 3. The van der Waals surface area contributed by atoms with Crippen molar-refractivity contribution in [1.29, 1.82) is 0 Å². The Morgan fingerprint density at radius 3 is 2.63 bits per heavy atom. The number of allylic oxidation sites excluding steroid dienone is 1. The van der Waals surface area contributed by atoms with Crippen molar-refractivity contribution in [3.63, 3.8) is 0 Å². The van der Waals surface area contributed by atoms with Crippen molar-refractivity contribution < 1.29 is 41.6 Å². The highest BCUT2D eigenvalue weighted by atomic mass is 32.2. The van der Waals surface area contributed by atoms with E-state index in [0.29, 0.717) is 31.3 Å². The standard InChI is InChI=1S/C33H44N8O9S/c1-32(2,3)49-31(45)37-24-17-40(20-8-9-20)12-6-4-5-7-19-14-33(19,30(44)39-51(46,47)22-10-11-22)38-27(42)25-13-21(16-41(25)29(24)43)48-28-26-23(15-36-50-26)34-18-35-28/h5,7,15,18-22,24-25H,4,6,8-14,16-17H2,1-3H3,(H,37,45)(H,38,42)(H,39,44)/b7-5-/t19?,21-,24+,25+,33-/m1/s1. The van der Waals surface area contributed by atoms with Gasteiger partial charge >= 0.3 is 6.09 Å². The number of alkyl carbamates (subject to hydrolysis) is 1. The number of hydrogen-bond acceptors (Lipinski definition) is 13. The Kier molecular flexibility index (Phi) is 9.18. The van der Waals surface area contributed by atoms with Gasteiger partial charge in [-0.2, -0.15) is 4.98 Å². The van der Waals surface area contributed by atoms with Crippen molar-refractivity contribution in [2.24, 2.45) is 5.92 Å². The number of fused-ring (bicyclic) bond motifs is 3. The molecule has 2 aliphatic heterocycles. The van der Waals surface area contributed by atoms with Gasteiger partial charge in [0.15, 0.2) is 0 Å². The van der Waals surface area contributed by atoms with Crippen LogP contribution >= 0.6 is 0 Å². The van der Waals surface area contributed by atoms with Gasteiger partial charge in [-0.25, -0.2) is 18.2 Å². The molecule has 276 valence electrons. The molecule has 3 saturated carbocycles. The monoisotopic (exact) mass is 728 g/mol. The second kappa shape index (κ2) is 13.3. The van der Waals surface area contributed by atoms with Gasteiger partial charge in [0.25, 0.3) is 11.8 Å². The number of ether oxygens (including phenoxy) is 2. The molecule has 0 bridgehead atoms. The van der Waals surface area contributed by atoms with Crippen LogP contribution in [0.3, 0.4) is 0 Å². The van der Waals surface area contributed by atoms with Gasteiger partial charge in [0.1, 0.15) is 41.2 Å². The first-order valence-electron chi connectivity index (χ1n) is 17.5. The minimum absolute atomic E-state index is 0.00127. The molecule has 7 rings (SSSR count). The molecule has 1 saturated heterocycles.